The second-order valence-electron chi connectivity index (χ2n) is 8.51. The van der Waals surface area contributed by atoms with E-state index >= 15 is 0 Å². The molecule has 11 heteroatoms. The van der Waals surface area contributed by atoms with E-state index in [1.807, 2.05) is 0 Å². The number of carbonyl (C=O) groups is 2. The Hall–Kier alpha value is -3.53. The number of aryl methyl sites for hydroxylation is 1. The van der Waals surface area contributed by atoms with Gasteiger partial charge in [-0.15, -0.1) is 0 Å². The summed E-state index contributed by atoms with van der Waals surface area (Å²) in [5.41, 5.74) is -0.148. The molecule has 170 valence electrons. The Morgan fingerprint density at radius 1 is 1.12 bits per heavy atom. The molecule has 0 radical (unpaired) electrons. The lowest BCUT2D eigenvalue weighted by atomic mass is 9.44. The third kappa shape index (κ3) is 4.13. The van der Waals surface area contributed by atoms with Crippen molar-refractivity contribution < 1.29 is 23.1 Å². The monoisotopic (exact) mass is 471 g/mol. The Morgan fingerprint density at radius 3 is 2.52 bits per heavy atom. The molecule has 2 N–H and O–H groups in total. The molecule has 2 aromatic heterocycles. The molecule has 3 aromatic rings. The van der Waals surface area contributed by atoms with Crippen molar-refractivity contribution in [3.63, 3.8) is 0 Å². The molecule has 0 saturated heterocycles. The third-order valence-corrected chi connectivity index (χ3v) is 6.14. The van der Waals surface area contributed by atoms with Crippen LogP contribution in [0.4, 0.5) is 4.39 Å². The van der Waals surface area contributed by atoms with Crippen LogP contribution in [0.1, 0.15) is 35.6 Å². The molecule has 6 rings (SSSR count). The summed E-state index contributed by atoms with van der Waals surface area (Å²) in [7, 11) is 0. The van der Waals surface area contributed by atoms with Crippen LogP contribution in [-0.4, -0.2) is 44.5 Å². The van der Waals surface area contributed by atoms with Crippen molar-refractivity contribution in [2.24, 2.45) is 0 Å². The number of carbonyl (C=O) groups excluding carboxylic acids is 2. The van der Waals surface area contributed by atoms with Crippen molar-refractivity contribution in [1.82, 2.24) is 25.6 Å². The Morgan fingerprint density at radius 2 is 1.82 bits per heavy atom. The third-order valence-electron chi connectivity index (χ3n) is 5.83. The number of halogens is 2. The van der Waals surface area contributed by atoms with Crippen molar-refractivity contribution in [2.75, 3.05) is 6.61 Å². The second-order valence-corrected chi connectivity index (χ2v) is 8.91. The highest BCUT2D eigenvalue weighted by Gasteiger charge is 2.69. The van der Waals surface area contributed by atoms with Gasteiger partial charge in [-0.25, -0.2) is 19.3 Å². The molecule has 3 aliphatic carbocycles. The van der Waals surface area contributed by atoms with Crippen molar-refractivity contribution in [3.8, 4) is 17.2 Å². The van der Waals surface area contributed by atoms with Crippen molar-refractivity contribution in [1.29, 1.82) is 0 Å². The first-order valence-electron chi connectivity index (χ1n) is 10.2. The topological polar surface area (TPSA) is 119 Å². The lowest BCUT2D eigenvalue weighted by Crippen LogP contribution is -2.84. The normalized spacial score (nSPS) is 22.6. The first kappa shape index (κ1) is 21.3. The number of amides is 2. The van der Waals surface area contributed by atoms with Gasteiger partial charge < -0.3 is 19.8 Å². The molecular formula is C22H19ClFN5O4. The summed E-state index contributed by atoms with van der Waals surface area (Å²) in [4.78, 5) is 37.1. The maximum Gasteiger partial charge on any atom is 0.289 e. The molecule has 2 amide bonds. The molecule has 0 aliphatic heterocycles. The number of benzene rings is 1. The number of ether oxygens (including phenoxy) is 1. The minimum atomic E-state index is -0.613. The first-order chi connectivity index (χ1) is 15.7. The van der Waals surface area contributed by atoms with E-state index in [9.17, 15) is 14.0 Å². The van der Waals surface area contributed by atoms with Gasteiger partial charge in [0.1, 0.15) is 17.4 Å². The number of hydrogen-bond acceptors (Lipinski definition) is 7. The summed E-state index contributed by atoms with van der Waals surface area (Å²) in [5, 5.41) is 5.90. The van der Waals surface area contributed by atoms with E-state index in [1.54, 1.807) is 19.3 Å². The fraction of sp³-hybridized carbons (Fsp3) is 0.318. The zero-order chi connectivity index (χ0) is 23.2. The van der Waals surface area contributed by atoms with E-state index in [0.29, 0.717) is 30.7 Å². The zero-order valence-corrected chi connectivity index (χ0v) is 18.3. The van der Waals surface area contributed by atoms with Crippen LogP contribution in [0, 0.1) is 12.7 Å². The summed E-state index contributed by atoms with van der Waals surface area (Å²) in [6.45, 7) is 1.52. The van der Waals surface area contributed by atoms with Crippen LogP contribution in [0.25, 0.3) is 11.5 Å². The van der Waals surface area contributed by atoms with Crippen molar-refractivity contribution >= 4 is 23.4 Å². The van der Waals surface area contributed by atoms with Gasteiger partial charge in [0, 0.05) is 29.5 Å². The molecule has 1 aromatic carbocycles. The zero-order valence-electron chi connectivity index (χ0n) is 17.5. The average Bonchev–Trinajstić information content (AvgIpc) is 3.23. The van der Waals surface area contributed by atoms with Gasteiger partial charge in [-0.1, -0.05) is 11.6 Å². The van der Waals surface area contributed by atoms with Gasteiger partial charge in [-0.2, -0.15) is 0 Å². The molecule has 0 atom stereocenters. The minimum Gasteiger partial charge on any atom is -0.484 e. The maximum absolute atomic E-state index is 13.5. The molecule has 3 fully saturated rings. The van der Waals surface area contributed by atoms with E-state index in [4.69, 9.17) is 20.8 Å². The Balaban J connectivity index is 1.10. The average molecular weight is 472 g/mol. The number of nitrogens with zero attached hydrogens (tertiary/aromatic N) is 3. The van der Waals surface area contributed by atoms with Gasteiger partial charge in [-0.05, 0) is 38.3 Å². The number of hydrogen-bond donors (Lipinski definition) is 2. The van der Waals surface area contributed by atoms with Crippen LogP contribution in [0.5, 0.6) is 5.75 Å². The summed E-state index contributed by atoms with van der Waals surface area (Å²) in [6, 6.07) is 3.98. The second kappa shape index (κ2) is 7.80. The van der Waals surface area contributed by atoms with E-state index in [0.717, 1.165) is 6.07 Å². The minimum absolute atomic E-state index is 0.0151. The van der Waals surface area contributed by atoms with Crippen molar-refractivity contribution in [2.45, 2.75) is 37.3 Å². The van der Waals surface area contributed by atoms with Gasteiger partial charge in [0.05, 0.1) is 16.8 Å². The molecule has 9 nitrogen and oxygen atoms in total. The number of rotatable bonds is 7. The van der Waals surface area contributed by atoms with Crippen LogP contribution in [0.15, 0.2) is 41.2 Å². The largest absolute Gasteiger partial charge is 0.484 e. The van der Waals surface area contributed by atoms with Gasteiger partial charge in [-0.3, -0.25) is 9.59 Å². The summed E-state index contributed by atoms with van der Waals surface area (Å²) in [5.74, 6) is -0.0909. The molecule has 2 bridgehead atoms. The van der Waals surface area contributed by atoms with E-state index < -0.39 is 5.82 Å². The highest BCUT2D eigenvalue weighted by molar-refractivity contribution is 6.30. The van der Waals surface area contributed by atoms with E-state index in [-0.39, 0.29) is 51.9 Å². The predicted molar refractivity (Wildman–Crippen MR) is 114 cm³/mol. The molecule has 33 heavy (non-hydrogen) atoms. The van der Waals surface area contributed by atoms with Gasteiger partial charge in [0.15, 0.2) is 6.61 Å². The Labute approximate surface area is 192 Å². The Kier molecular flexibility index (Phi) is 5.04. The first-order valence-corrected chi connectivity index (χ1v) is 10.6. The molecular weight excluding hydrogens is 453 g/mol. The molecule has 0 spiro atoms. The standard InChI is InChI=1S/C22H19ClFN5O4/c1-12-25-5-13(6-26-12)20-27-7-17(33-20)19(31)29-22-9-21(10-22,11-22)28-18(30)8-32-14-2-3-15(23)16(24)4-14/h2-7H,8-11H2,1H3,(H,28,30)(H,29,31). The highest BCUT2D eigenvalue weighted by atomic mass is 35.5. The van der Waals surface area contributed by atoms with Crippen LogP contribution < -0.4 is 15.4 Å². The summed E-state index contributed by atoms with van der Waals surface area (Å²) in [6.07, 6.45) is 6.36. The molecule has 3 saturated carbocycles. The SMILES string of the molecule is Cc1ncc(-c2ncc(C(=O)NC34CC(NC(=O)COc5ccc(Cl)c(F)c5)(C3)C4)o2)cn1. The lowest BCUT2D eigenvalue weighted by Gasteiger charge is -2.70. The fourth-order valence-corrected chi connectivity index (χ4v) is 4.54. The Bertz CT molecular complexity index is 1230. The highest BCUT2D eigenvalue weighted by Crippen LogP contribution is 2.60. The number of oxazole rings is 1. The van der Waals surface area contributed by atoms with Crippen LogP contribution in [-0.2, 0) is 4.79 Å². The summed E-state index contributed by atoms with van der Waals surface area (Å²) < 4.78 is 24.3. The summed E-state index contributed by atoms with van der Waals surface area (Å²) >= 11 is 5.63. The van der Waals surface area contributed by atoms with Crippen LogP contribution >= 0.6 is 11.6 Å². The number of nitrogens with one attached hydrogen (secondary N) is 2. The van der Waals surface area contributed by atoms with Gasteiger partial charge in [0.25, 0.3) is 11.8 Å². The maximum atomic E-state index is 13.5. The molecule has 3 aliphatic rings. The van der Waals surface area contributed by atoms with Crippen LogP contribution in [0.2, 0.25) is 5.02 Å². The van der Waals surface area contributed by atoms with E-state index in [2.05, 4.69) is 25.6 Å². The van der Waals surface area contributed by atoms with E-state index in [1.165, 1.54) is 18.3 Å². The molecule has 2 heterocycles. The lowest BCUT2D eigenvalue weighted by molar-refractivity contribution is -0.141. The number of aromatic nitrogens is 3. The fourth-order valence-electron chi connectivity index (χ4n) is 4.42. The van der Waals surface area contributed by atoms with Crippen molar-refractivity contribution in [3.05, 3.63) is 59.2 Å². The van der Waals surface area contributed by atoms with Gasteiger partial charge >= 0.3 is 0 Å². The quantitative estimate of drug-likeness (QED) is 0.543. The molecule has 0 unspecified atom stereocenters. The van der Waals surface area contributed by atoms with Crippen LogP contribution in [0.3, 0.4) is 0 Å². The van der Waals surface area contributed by atoms with Gasteiger partial charge in [0.2, 0.25) is 11.7 Å². The smallest absolute Gasteiger partial charge is 0.289 e. The predicted octanol–water partition coefficient (Wildman–Crippen LogP) is 2.83.